The molecule has 24 nitrogen and oxygen atoms in total. The Hall–Kier alpha value is -6.70. The van der Waals surface area contributed by atoms with Gasteiger partial charge in [0.1, 0.15) is 27.7 Å². The summed E-state index contributed by atoms with van der Waals surface area (Å²) in [4.78, 5) is 15.0. The van der Waals surface area contributed by atoms with Gasteiger partial charge in [0, 0.05) is 16.8 Å². The van der Waals surface area contributed by atoms with Crippen molar-refractivity contribution in [3.05, 3.63) is 100 Å². The molecule has 0 fully saturated rings. The molecule has 0 radical (unpaired) electrons. The van der Waals surface area contributed by atoms with E-state index in [0.717, 1.165) is 22.3 Å². The van der Waals surface area contributed by atoms with Crippen LogP contribution in [0.2, 0.25) is 0 Å². The van der Waals surface area contributed by atoms with Gasteiger partial charge in [0.05, 0.1) is 49.4 Å². The summed E-state index contributed by atoms with van der Waals surface area (Å²) in [6.45, 7) is 2.79. The number of phenolic OH excluding ortho intramolecular Hbond substituents is 1. The predicted octanol–water partition coefficient (Wildman–Crippen LogP) is 7.89. The van der Waals surface area contributed by atoms with E-state index in [-0.39, 0.29) is 46.6 Å². The number of para-hydroxylation sites is 1. The molecule has 6 N–H and O–H groups in total. The van der Waals surface area contributed by atoms with E-state index in [2.05, 4.69) is 40.8 Å². The number of hydrogen-bond donors (Lipinski definition) is 6. The third-order valence-electron chi connectivity index (χ3n) is 9.23. The molecule has 0 amide bonds. The standard InChI is InChI=1S/C37H31N9O15S5/c1-19-14-30(31(61-12-5-13-63(49,50)51)18-29(19)41-44-37-38-26-6-3-4-7-32(26)62-37)42-39-27-10-9-25-24(34(27)47)8-11-28(35(25)66(58,59)60)40-43-33-20(2)45-46(36(33)48)21-15-22(64(52,53)54)17-23(16-21)65(55,56)57/h3-4,6-11,14-18,45,47H,5,12-13H2,1-2H3,(H,49,50,51)(H,52,53,54)(H,55,56,57)(H,58,59,60). The molecule has 7 aromatic rings. The van der Waals surface area contributed by atoms with E-state index < -0.39 is 89.3 Å². The zero-order valence-electron chi connectivity index (χ0n) is 33.6. The lowest BCUT2D eigenvalue weighted by Gasteiger charge is -2.11. The van der Waals surface area contributed by atoms with Crippen LogP contribution in [0.5, 0.6) is 11.5 Å². The summed E-state index contributed by atoms with van der Waals surface area (Å²) in [5.41, 5.74) is -1.21. The minimum absolute atomic E-state index is 0.0563. The van der Waals surface area contributed by atoms with Crippen LogP contribution in [0.3, 0.4) is 0 Å². The highest BCUT2D eigenvalue weighted by Gasteiger charge is 2.24. The SMILES string of the molecule is Cc1cc(N=Nc2ccc3c(S(=O)(=O)O)c(N=Nc4c(C)[nH]n(-c5cc(S(=O)(=O)O)cc(S(=O)(=O)O)c5)c4=O)ccc3c2O)c(OCCCS(=O)(=O)O)cc1N=Nc1nc2ccccc2s1. The molecule has 7 rings (SSSR count). The van der Waals surface area contributed by atoms with Gasteiger partial charge in [0.2, 0.25) is 5.13 Å². The molecule has 2 aromatic heterocycles. The molecule has 66 heavy (non-hydrogen) atoms. The Bertz CT molecular complexity index is 3650. The van der Waals surface area contributed by atoms with Crippen LogP contribution in [0.15, 0.2) is 129 Å². The third-order valence-corrected chi connectivity index (χ3v) is 13.6. The number of fused-ring (bicyclic) bond motifs is 2. The van der Waals surface area contributed by atoms with E-state index in [1.165, 1.54) is 42.5 Å². The van der Waals surface area contributed by atoms with Gasteiger partial charge in [-0.3, -0.25) is 28.1 Å². The Labute approximate surface area is 376 Å². The number of nitrogens with one attached hydrogen (secondary N) is 1. The van der Waals surface area contributed by atoms with E-state index >= 15 is 0 Å². The predicted molar refractivity (Wildman–Crippen MR) is 236 cm³/mol. The highest BCUT2D eigenvalue weighted by molar-refractivity contribution is 7.87. The zero-order valence-corrected chi connectivity index (χ0v) is 37.6. The Morgan fingerprint density at radius 2 is 1.32 bits per heavy atom. The van der Waals surface area contributed by atoms with E-state index in [4.69, 9.17) is 9.29 Å². The van der Waals surface area contributed by atoms with Crippen molar-refractivity contribution in [3.8, 4) is 17.2 Å². The first kappa shape index (κ1) is 47.3. The summed E-state index contributed by atoms with van der Waals surface area (Å²) >= 11 is 1.31. The second-order valence-corrected chi connectivity index (χ2v) is 20.7. The van der Waals surface area contributed by atoms with Gasteiger partial charge in [-0.1, -0.05) is 29.5 Å². The molecule has 29 heteroatoms. The fraction of sp³-hybridized carbons (Fsp3) is 0.135. The molecule has 0 saturated heterocycles. The van der Waals surface area contributed by atoms with Crippen molar-refractivity contribution in [1.29, 1.82) is 0 Å². The van der Waals surface area contributed by atoms with Crippen molar-refractivity contribution in [1.82, 2.24) is 14.8 Å². The van der Waals surface area contributed by atoms with Crippen LogP contribution in [0.4, 0.5) is 33.6 Å². The summed E-state index contributed by atoms with van der Waals surface area (Å²) in [5.74, 6) is -1.15. The number of aromatic nitrogens is 3. The lowest BCUT2D eigenvalue weighted by molar-refractivity contribution is 0.317. The van der Waals surface area contributed by atoms with Crippen molar-refractivity contribution in [2.24, 2.45) is 30.7 Å². The van der Waals surface area contributed by atoms with Gasteiger partial charge in [-0.15, -0.1) is 30.7 Å². The molecule has 2 heterocycles. The number of azo groups is 3. The minimum atomic E-state index is -5.17. The molecule has 5 aromatic carbocycles. The highest BCUT2D eigenvalue weighted by atomic mass is 32.2. The van der Waals surface area contributed by atoms with Gasteiger partial charge in [-0.05, 0) is 80.4 Å². The number of aromatic hydroxyl groups is 1. The maximum Gasteiger partial charge on any atom is 0.299 e. The quantitative estimate of drug-likeness (QED) is 0.0323. The average molecular weight is 1000 g/mol. The Balaban J connectivity index is 1.22. The summed E-state index contributed by atoms with van der Waals surface area (Å²) < 4.78 is 141. The number of hydrogen-bond acceptors (Lipinski definition) is 19. The molecular formula is C37H31N9O15S5. The third kappa shape index (κ3) is 10.5. The molecule has 0 atom stereocenters. The maximum absolute atomic E-state index is 13.4. The first-order valence-electron chi connectivity index (χ1n) is 18.4. The summed E-state index contributed by atoms with van der Waals surface area (Å²) in [5, 5.41) is 38.3. The van der Waals surface area contributed by atoms with Gasteiger partial charge in [0.15, 0.2) is 11.4 Å². The summed E-state index contributed by atoms with van der Waals surface area (Å²) in [7, 11) is -19.6. The van der Waals surface area contributed by atoms with Crippen molar-refractivity contribution >= 4 is 106 Å². The molecule has 0 aliphatic heterocycles. The number of nitrogens with zero attached hydrogens (tertiary/aromatic N) is 8. The van der Waals surface area contributed by atoms with E-state index in [9.17, 15) is 57.2 Å². The van der Waals surface area contributed by atoms with Crippen LogP contribution < -0.4 is 10.3 Å². The topological polar surface area (TPSA) is 372 Å². The normalized spacial score (nSPS) is 13.0. The molecule has 344 valence electrons. The number of H-pyrrole nitrogens is 1. The van der Waals surface area contributed by atoms with Crippen LogP contribution in [-0.4, -0.2) is 84.1 Å². The minimum Gasteiger partial charge on any atom is -0.505 e. The molecule has 0 aliphatic carbocycles. The van der Waals surface area contributed by atoms with E-state index in [1.807, 2.05) is 24.3 Å². The second kappa shape index (κ2) is 17.9. The first-order valence-corrected chi connectivity index (χ1v) is 25.1. The number of thiazole rings is 1. The van der Waals surface area contributed by atoms with Crippen molar-refractivity contribution in [2.75, 3.05) is 12.4 Å². The van der Waals surface area contributed by atoms with E-state index in [0.29, 0.717) is 39.3 Å². The number of aromatic amines is 1. The molecule has 0 aliphatic rings. The summed E-state index contributed by atoms with van der Waals surface area (Å²) in [6.07, 6.45) is -0.105. The van der Waals surface area contributed by atoms with Crippen LogP contribution >= 0.6 is 11.3 Å². The van der Waals surface area contributed by atoms with Crippen LogP contribution in [-0.2, 0) is 40.5 Å². The largest absolute Gasteiger partial charge is 0.505 e. The molecule has 0 saturated carbocycles. The second-order valence-electron chi connectivity index (χ2n) is 13.9. The van der Waals surface area contributed by atoms with Crippen LogP contribution in [0.25, 0.3) is 26.7 Å². The highest BCUT2D eigenvalue weighted by Crippen LogP contribution is 2.43. The van der Waals surface area contributed by atoms with Gasteiger partial charge in [-0.2, -0.15) is 33.7 Å². The summed E-state index contributed by atoms with van der Waals surface area (Å²) in [6, 6.07) is 16.8. The number of ether oxygens (including phenoxy) is 1. The van der Waals surface area contributed by atoms with Crippen LogP contribution in [0.1, 0.15) is 17.7 Å². The Kier molecular flexibility index (Phi) is 12.8. The van der Waals surface area contributed by atoms with Gasteiger partial charge < -0.3 is 9.84 Å². The lowest BCUT2D eigenvalue weighted by Crippen LogP contribution is -2.16. The molecule has 0 unspecified atom stereocenters. The van der Waals surface area contributed by atoms with Gasteiger partial charge in [-0.25, -0.2) is 9.67 Å². The molecule has 0 spiro atoms. The Morgan fingerprint density at radius 3 is 1.97 bits per heavy atom. The van der Waals surface area contributed by atoms with E-state index in [1.54, 1.807) is 6.92 Å². The van der Waals surface area contributed by atoms with Crippen molar-refractivity contribution < 1.29 is 61.7 Å². The number of benzene rings is 5. The fourth-order valence-corrected chi connectivity index (χ4v) is 9.45. The number of phenols is 1. The number of rotatable bonds is 15. The van der Waals surface area contributed by atoms with Crippen LogP contribution in [0, 0.1) is 13.8 Å². The smallest absolute Gasteiger partial charge is 0.299 e. The average Bonchev–Trinajstić information content (AvgIpc) is 3.78. The monoisotopic (exact) mass is 1000 g/mol. The van der Waals surface area contributed by atoms with Gasteiger partial charge in [0.25, 0.3) is 46.0 Å². The first-order chi connectivity index (χ1) is 30.9. The van der Waals surface area contributed by atoms with Crippen molar-refractivity contribution in [2.45, 2.75) is 35.0 Å². The fourth-order valence-electron chi connectivity index (χ4n) is 6.19. The number of aryl methyl sites for hydroxylation is 2. The Morgan fingerprint density at radius 1 is 0.697 bits per heavy atom. The molecular weight excluding hydrogens is 971 g/mol. The lowest BCUT2D eigenvalue weighted by atomic mass is 10.1. The zero-order chi connectivity index (χ0) is 47.9. The van der Waals surface area contributed by atoms with Crippen molar-refractivity contribution in [3.63, 3.8) is 0 Å². The molecule has 0 bridgehead atoms. The van der Waals surface area contributed by atoms with Gasteiger partial charge >= 0.3 is 0 Å². The maximum atomic E-state index is 13.4.